The molecule has 0 unspecified atom stereocenters. The number of nitrogens with zero attached hydrogens (tertiary/aromatic N) is 2. The summed E-state index contributed by atoms with van der Waals surface area (Å²) in [5.41, 5.74) is 5.30. The number of rotatable bonds is 3. The van der Waals surface area contributed by atoms with Crippen LogP contribution in [0.25, 0.3) is 0 Å². The molecule has 2 fully saturated rings. The second-order valence-electron chi connectivity index (χ2n) is 5.95. The Morgan fingerprint density at radius 2 is 1.83 bits per heavy atom. The van der Waals surface area contributed by atoms with Crippen molar-refractivity contribution < 1.29 is 18.8 Å². The molecule has 0 aromatic heterocycles. The van der Waals surface area contributed by atoms with Crippen molar-refractivity contribution in [2.75, 3.05) is 18.0 Å². The van der Waals surface area contributed by atoms with Gasteiger partial charge in [-0.15, -0.1) is 0 Å². The Morgan fingerprint density at radius 3 is 2.43 bits per heavy atom. The highest BCUT2D eigenvalue weighted by Crippen LogP contribution is 2.29. The third-order valence-electron chi connectivity index (χ3n) is 4.59. The Balaban J connectivity index is 1.75. The quantitative estimate of drug-likeness (QED) is 0.829. The number of likely N-dealkylation sites (tertiary alicyclic amines) is 1. The minimum absolute atomic E-state index is 0.00276. The van der Waals surface area contributed by atoms with Crippen molar-refractivity contribution in [3.05, 3.63) is 30.1 Å². The Morgan fingerprint density at radius 1 is 1.17 bits per heavy atom. The molecule has 1 aromatic carbocycles. The van der Waals surface area contributed by atoms with Gasteiger partial charge in [-0.3, -0.25) is 19.3 Å². The first kappa shape index (κ1) is 15.6. The molecular formula is C16H18FN3O3. The normalized spacial score (nSPS) is 23.5. The molecule has 1 atom stereocenters. The standard InChI is InChI=1S/C16H18FN3O3/c17-11-3-1-2-4-12(11)20-14(21)9-13(16(20)23)19-7-5-10(6-8-19)15(18)22/h1-4,10,13H,5-9H2,(H2,18,22)/t13-/m0/s1. The molecule has 122 valence electrons. The van der Waals surface area contributed by atoms with Gasteiger partial charge in [0.25, 0.3) is 5.91 Å². The number of carbonyl (C=O) groups excluding carboxylic acids is 3. The van der Waals surface area contributed by atoms with Crippen LogP contribution in [-0.4, -0.2) is 41.8 Å². The van der Waals surface area contributed by atoms with Gasteiger partial charge in [-0.05, 0) is 38.1 Å². The first-order chi connectivity index (χ1) is 11.0. The summed E-state index contributed by atoms with van der Waals surface area (Å²) in [4.78, 5) is 38.8. The van der Waals surface area contributed by atoms with E-state index in [0.29, 0.717) is 25.9 Å². The minimum Gasteiger partial charge on any atom is -0.369 e. The second kappa shape index (κ2) is 6.08. The predicted molar refractivity (Wildman–Crippen MR) is 80.8 cm³/mol. The number of primary amides is 1. The highest BCUT2D eigenvalue weighted by atomic mass is 19.1. The lowest BCUT2D eigenvalue weighted by Gasteiger charge is -2.33. The fourth-order valence-electron chi connectivity index (χ4n) is 3.28. The molecule has 0 aliphatic carbocycles. The third kappa shape index (κ3) is 2.84. The first-order valence-electron chi connectivity index (χ1n) is 7.63. The van der Waals surface area contributed by atoms with Crippen molar-refractivity contribution in [3.63, 3.8) is 0 Å². The predicted octanol–water partition coefficient (Wildman–Crippen LogP) is 0.655. The largest absolute Gasteiger partial charge is 0.369 e. The van der Waals surface area contributed by atoms with Gasteiger partial charge in [0.1, 0.15) is 5.82 Å². The molecule has 2 aliphatic heterocycles. The molecule has 2 saturated heterocycles. The molecule has 2 heterocycles. The van der Waals surface area contributed by atoms with Crippen LogP contribution in [-0.2, 0) is 14.4 Å². The van der Waals surface area contributed by atoms with Crippen molar-refractivity contribution in [2.45, 2.75) is 25.3 Å². The lowest BCUT2D eigenvalue weighted by molar-refractivity contribution is -0.124. The van der Waals surface area contributed by atoms with Gasteiger partial charge in [-0.25, -0.2) is 9.29 Å². The van der Waals surface area contributed by atoms with Crippen LogP contribution in [0.15, 0.2) is 24.3 Å². The van der Waals surface area contributed by atoms with E-state index in [1.54, 1.807) is 6.07 Å². The van der Waals surface area contributed by atoms with Gasteiger partial charge in [0.15, 0.2) is 0 Å². The summed E-state index contributed by atoms with van der Waals surface area (Å²) in [5.74, 6) is -1.91. The van der Waals surface area contributed by atoms with E-state index in [1.165, 1.54) is 18.2 Å². The fourth-order valence-corrected chi connectivity index (χ4v) is 3.28. The van der Waals surface area contributed by atoms with Gasteiger partial charge in [0.2, 0.25) is 11.8 Å². The molecular weight excluding hydrogens is 301 g/mol. The van der Waals surface area contributed by atoms with Crippen LogP contribution in [0.2, 0.25) is 0 Å². The number of nitrogens with two attached hydrogens (primary N) is 1. The molecule has 6 nitrogen and oxygen atoms in total. The van der Waals surface area contributed by atoms with E-state index in [9.17, 15) is 18.8 Å². The van der Waals surface area contributed by atoms with Crippen molar-refractivity contribution in [3.8, 4) is 0 Å². The van der Waals surface area contributed by atoms with E-state index in [1.807, 2.05) is 4.90 Å². The van der Waals surface area contributed by atoms with Gasteiger partial charge in [-0.2, -0.15) is 0 Å². The number of imide groups is 1. The third-order valence-corrected chi connectivity index (χ3v) is 4.59. The highest BCUT2D eigenvalue weighted by Gasteiger charge is 2.44. The molecule has 23 heavy (non-hydrogen) atoms. The maximum Gasteiger partial charge on any atom is 0.251 e. The number of hydrogen-bond acceptors (Lipinski definition) is 4. The number of hydrogen-bond donors (Lipinski definition) is 1. The summed E-state index contributed by atoms with van der Waals surface area (Å²) in [6, 6.07) is 5.16. The first-order valence-corrected chi connectivity index (χ1v) is 7.63. The summed E-state index contributed by atoms with van der Waals surface area (Å²) >= 11 is 0. The monoisotopic (exact) mass is 319 g/mol. The molecule has 2 N–H and O–H groups in total. The number of carbonyl (C=O) groups is 3. The number of para-hydroxylation sites is 1. The van der Waals surface area contributed by atoms with E-state index in [4.69, 9.17) is 5.73 Å². The van der Waals surface area contributed by atoms with E-state index >= 15 is 0 Å². The van der Waals surface area contributed by atoms with E-state index in [-0.39, 0.29) is 23.9 Å². The number of piperidine rings is 1. The van der Waals surface area contributed by atoms with Crippen LogP contribution in [0.3, 0.4) is 0 Å². The van der Waals surface area contributed by atoms with Crippen molar-refractivity contribution in [1.82, 2.24) is 4.90 Å². The smallest absolute Gasteiger partial charge is 0.251 e. The summed E-state index contributed by atoms with van der Waals surface area (Å²) < 4.78 is 13.9. The number of benzene rings is 1. The lowest BCUT2D eigenvalue weighted by Crippen LogP contribution is -2.47. The van der Waals surface area contributed by atoms with Gasteiger partial charge < -0.3 is 5.73 Å². The molecule has 0 bridgehead atoms. The Kier molecular flexibility index (Phi) is 4.12. The molecule has 3 amide bonds. The summed E-state index contributed by atoms with van der Waals surface area (Å²) in [5, 5.41) is 0. The maximum atomic E-state index is 13.9. The number of anilines is 1. The second-order valence-corrected chi connectivity index (χ2v) is 5.95. The van der Waals surface area contributed by atoms with Gasteiger partial charge in [-0.1, -0.05) is 12.1 Å². The average molecular weight is 319 g/mol. The van der Waals surface area contributed by atoms with Crippen LogP contribution >= 0.6 is 0 Å². The maximum absolute atomic E-state index is 13.9. The molecule has 0 radical (unpaired) electrons. The average Bonchev–Trinajstić information content (AvgIpc) is 2.83. The van der Waals surface area contributed by atoms with Crippen LogP contribution in [0.4, 0.5) is 10.1 Å². The minimum atomic E-state index is -0.595. The van der Waals surface area contributed by atoms with Crippen LogP contribution in [0, 0.1) is 11.7 Å². The SMILES string of the molecule is NC(=O)C1CCN([C@H]2CC(=O)N(c3ccccc3F)C2=O)CC1. The van der Waals surface area contributed by atoms with Crippen molar-refractivity contribution in [2.24, 2.45) is 11.7 Å². The summed E-state index contributed by atoms with van der Waals surface area (Å²) in [6.07, 6.45) is 1.19. The van der Waals surface area contributed by atoms with Gasteiger partial charge in [0, 0.05) is 5.92 Å². The van der Waals surface area contributed by atoms with Crippen LogP contribution < -0.4 is 10.6 Å². The summed E-state index contributed by atoms with van der Waals surface area (Å²) in [6.45, 7) is 1.06. The Hall–Kier alpha value is -2.28. The zero-order valence-electron chi connectivity index (χ0n) is 12.6. The van der Waals surface area contributed by atoms with Crippen molar-refractivity contribution >= 4 is 23.4 Å². The summed E-state index contributed by atoms with van der Waals surface area (Å²) in [7, 11) is 0. The van der Waals surface area contributed by atoms with E-state index < -0.39 is 23.7 Å². The number of amides is 3. The zero-order valence-corrected chi connectivity index (χ0v) is 12.6. The number of halogens is 1. The van der Waals surface area contributed by atoms with Gasteiger partial charge in [0.05, 0.1) is 18.2 Å². The molecule has 3 rings (SSSR count). The molecule has 1 aromatic rings. The van der Waals surface area contributed by atoms with E-state index in [0.717, 1.165) is 4.90 Å². The lowest BCUT2D eigenvalue weighted by atomic mass is 9.95. The zero-order chi connectivity index (χ0) is 16.6. The molecule has 0 saturated carbocycles. The highest BCUT2D eigenvalue weighted by molar-refractivity contribution is 6.22. The Labute approximate surface area is 133 Å². The Bertz CT molecular complexity index is 656. The molecule has 0 spiro atoms. The molecule has 7 heteroatoms. The van der Waals surface area contributed by atoms with Crippen LogP contribution in [0.5, 0.6) is 0 Å². The fraction of sp³-hybridized carbons (Fsp3) is 0.438. The van der Waals surface area contributed by atoms with Gasteiger partial charge >= 0.3 is 0 Å². The topological polar surface area (TPSA) is 83.7 Å². The van der Waals surface area contributed by atoms with E-state index in [2.05, 4.69) is 0 Å². The van der Waals surface area contributed by atoms with Crippen molar-refractivity contribution in [1.29, 1.82) is 0 Å². The van der Waals surface area contributed by atoms with Crippen LogP contribution in [0.1, 0.15) is 19.3 Å². The molecule has 2 aliphatic rings.